The van der Waals surface area contributed by atoms with Gasteiger partial charge in [0.25, 0.3) is 0 Å². The van der Waals surface area contributed by atoms with Crippen LogP contribution in [0.4, 0.5) is 0 Å². The van der Waals surface area contributed by atoms with Gasteiger partial charge < -0.3 is 40.9 Å². The maximum atomic E-state index is 11.1. The van der Waals surface area contributed by atoms with E-state index in [-0.39, 0.29) is 0 Å². The van der Waals surface area contributed by atoms with Crippen LogP contribution in [-0.2, 0) is 28.8 Å². The Balaban J connectivity index is 0. The highest BCUT2D eigenvalue weighted by Crippen LogP contribution is 2.36. The van der Waals surface area contributed by atoms with Crippen LogP contribution >= 0.6 is 0 Å². The topological polar surface area (TPSA) is 264 Å². The number of aliphatic carboxylic acids is 6. The van der Waals surface area contributed by atoms with Crippen LogP contribution in [0.3, 0.4) is 0 Å². The van der Waals surface area contributed by atoms with Crippen LogP contribution in [0.2, 0.25) is 25.2 Å². The van der Waals surface area contributed by atoms with E-state index >= 15 is 0 Å². The van der Waals surface area contributed by atoms with Crippen molar-refractivity contribution in [2.24, 2.45) is 0 Å². The summed E-state index contributed by atoms with van der Waals surface area (Å²) in [7, 11) is -2.61. The monoisotopic (exact) mass is 456 g/mol. The van der Waals surface area contributed by atoms with E-state index in [1.807, 2.05) is 0 Å². The van der Waals surface area contributed by atoms with Gasteiger partial charge in [-0.3, -0.25) is 19.2 Å². The number of carboxylic acids is 6. The van der Waals surface area contributed by atoms with Crippen LogP contribution in [0, 0.1) is 0 Å². The predicted octanol–water partition coefficient (Wildman–Crippen LogP) is -1.18. The summed E-state index contributed by atoms with van der Waals surface area (Å²) in [5.41, 5.74) is -7.11. The number of hydrogen-bond acceptors (Lipinski definition) is 8. The minimum absolute atomic E-state index is 1.14. The smallest absolute Gasteiger partial charge is 0.336 e. The summed E-state index contributed by atoms with van der Waals surface area (Å²) in [5.74, 6) is -9.89. The van der Waals surface area contributed by atoms with Gasteiger partial charge in [-0.25, -0.2) is 9.59 Å². The van der Waals surface area contributed by atoms with E-state index in [0.717, 1.165) is 0 Å². The molecule has 0 aromatic carbocycles. The van der Waals surface area contributed by atoms with Gasteiger partial charge in [0.15, 0.2) is 11.2 Å². The fourth-order valence-electron chi connectivity index (χ4n) is 2.54. The number of carboxylic acid groups (broad SMARTS) is 6. The molecule has 0 amide bonds. The van der Waals surface area contributed by atoms with Gasteiger partial charge >= 0.3 is 35.8 Å². The lowest BCUT2D eigenvalue weighted by Crippen LogP contribution is -2.55. The zero-order chi connectivity index (χ0) is 24.7. The molecule has 0 radical (unpaired) electrons. The molecule has 0 saturated heterocycles. The lowest BCUT2D eigenvalue weighted by molar-refractivity contribution is -0.170. The molecule has 0 aromatic heterocycles. The van der Waals surface area contributed by atoms with Crippen LogP contribution in [0.15, 0.2) is 0 Å². The van der Waals surface area contributed by atoms with Crippen molar-refractivity contribution in [3.8, 4) is 0 Å². The van der Waals surface area contributed by atoms with Crippen molar-refractivity contribution in [3.63, 3.8) is 0 Å². The van der Waals surface area contributed by atoms with Crippen molar-refractivity contribution in [3.05, 3.63) is 0 Å². The van der Waals surface area contributed by atoms with Gasteiger partial charge in [0.1, 0.15) is 0 Å². The zero-order valence-electron chi connectivity index (χ0n) is 16.2. The van der Waals surface area contributed by atoms with Crippen molar-refractivity contribution in [2.45, 2.75) is 55.6 Å². The fourth-order valence-corrected chi connectivity index (χ4v) is 4.94. The number of rotatable bonds is 11. The van der Waals surface area contributed by atoms with E-state index in [4.69, 9.17) is 35.7 Å². The van der Waals surface area contributed by atoms with Crippen molar-refractivity contribution in [2.75, 3.05) is 0 Å². The zero-order valence-corrected chi connectivity index (χ0v) is 17.2. The first-order valence-electron chi connectivity index (χ1n) is 8.00. The van der Waals surface area contributed by atoms with Gasteiger partial charge in [0.2, 0.25) is 0 Å². The average molecular weight is 456 g/mol. The Morgan fingerprint density at radius 2 is 1.00 bits per heavy atom. The molecule has 0 fully saturated rings. The quantitative estimate of drug-likeness (QED) is 0.170. The van der Waals surface area contributed by atoms with Gasteiger partial charge in [-0.15, -0.1) is 0 Å². The largest absolute Gasteiger partial charge is 0.481 e. The first-order chi connectivity index (χ1) is 13.2. The molecular formula is C15H24O14Si. The fraction of sp³-hybridized carbons (Fsp3) is 0.600. The van der Waals surface area contributed by atoms with Gasteiger partial charge in [0, 0.05) is 0 Å². The third-order valence-corrected chi connectivity index (χ3v) is 6.12. The maximum absolute atomic E-state index is 11.1. The van der Waals surface area contributed by atoms with Gasteiger partial charge in [-0.1, -0.05) is 19.6 Å². The molecule has 0 saturated carbocycles. The third-order valence-electron chi connectivity index (χ3n) is 3.67. The normalized spacial score (nSPS) is 14.3. The second kappa shape index (κ2) is 10.7. The molecule has 2 unspecified atom stereocenters. The van der Waals surface area contributed by atoms with Crippen LogP contribution in [0.1, 0.15) is 19.3 Å². The molecule has 8 N–H and O–H groups in total. The Morgan fingerprint density at radius 3 is 1.17 bits per heavy atom. The Hall–Kier alpha value is -3.04. The molecule has 0 bridgehead atoms. The molecule has 15 heteroatoms. The van der Waals surface area contributed by atoms with E-state index in [1.54, 1.807) is 19.6 Å². The summed E-state index contributed by atoms with van der Waals surface area (Å²) in [6, 6.07) is 0. The minimum Gasteiger partial charge on any atom is -0.481 e. The van der Waals surface area contributed by atoms with Crippen molar-refractivity contribution < 1.29 is 69.6 Å². The van der Waals surface area contributed by atoms with Gasteiger partial charge in [-0.2, -0.15) is 0 Å². The van der Waals surface area contributed by atoms with Gasteiger partial charge in [-0.05, 0) is 0 Å². The summed E-state index contributed by atoms with van der Waals surface area (Å²) < 4.78 is 0. The molecule has 0 rings (SSSR count). The average Bonchev–Trinajstić information content (AvgIpc) is 2.42. The molecule has 0 aliphatic heterocycles. The summed E-state index contributed by atoms with van der Waals surface area (Å²) in [6.45, 7) is 4.67. The first kappa shape index (κ1) is 29.2. The van der Waals surface area contributed by atoms with Crippen molar-refractivity contribution in [1.29, 1.82) is 0 Å². The lowest BCUT2D eigenvalue weighted by Gasteiger charge is -2.35. The maximum Gasteiger partial charge on any atom is 0.336 e. The van der Waals surface area contributed by atoms with E-state index < -0.39 is 79.9 Å². The highest BCUT2D eigenvalue weighted by atomic mass is 28.3. The molecule has 2 atom stereocenters. The van der Waals surface area contributed by atoms with Crippen LogP contribution in [0.5, 0.6) is 0 Å². The minimum atomic E-state index is -2.78. The van der Waals surface area contributed by atoms with Gasteiger partial charge in [0.05, 0.1) is 32.9 Å². The standard InChI is InChI=1S/C9H16O7Si.C6H8O7/c1-17(2,3)6(7(12)13)9(16,8(14)15)4-5(10)11;7-3(8)1-6(13,5(11)12)2-4(9)10/h6,16H,4H2,1-3H3,(H,10,11)(H,12,13)(H,14,15);13H,1-2H2,(H,7,8)(H,9,10)(H,11,12). The predicted molar refractivity (Wildman–Crippen MR) is 96.7 cm³/mol. The van der Waals surface area contributed by atoms with E-state index in [2.05, 4.69) is 0 Å². The van der Waals surface area contributed by atoms with E-state index in [0.29, 0.717) is 0 Å². The number of aliphatic hydroxyl groups is 2. The Kier molecular flexibility index (Phi) is 10.4. The highest BCUT2D eigenvalue weighted by Gasteiger charge is 2.55. The van der Waals surface area contributed by atoms with Crippen LogP contribution in [-0.4, -0.2) is 95.9 Å². The van der Waals surface area contributed by atoms with E-state index in [9.17, 15) is 33.9 Å². The molecule has 0 aromatic rings. The number of carbonyl (C=O) groups is 6. The number of hydrogen-bond donors (Lipinski definition) is 8. The Bertz CT molecular complexity index is 693. The molecular weight excluding hydrogens is 432 g/mol. The molecule has 30 heavy (non-hydrogen) atoms. The van der Waals surface area contributed by atoms with Crippen molar-refractivity contribution >= 4 is 43.9 Å². The summed E-state index contributed by atoms with van der Waals surface area (Å²) >= 11 is 0. The molecule has 0 aliphatic rings. The molecule has 14 nitrogen and oxygen atoms in total. The highest BCUT2D eigenvalue weighted by molar-refractivity contribution is 6.81. The molecule has 0 heterocycles. The third kappa shape index (κ3) is 8.97. The van der Waals surface area contributed by atoms with Crippen LogP contribution in [0.25, 0.3) is 0 Å². The Morgan fingerprint density at radius 1 is 0.667 bits per heavy atom. The molecule has 172 valence electrons. The van der Waals surface area contributed by atoms with Crippen molar-refractivity contribution in [1.82, 2.24) is 0 Å². The van der Waals surface area contributed by atoms with Crippen LogP contribution < -0.4 is 0 Å². The second-order valence-corrected chi connectivity index (χ2v) is 12.7. The molecule has 0 spiro atoms. The second-order valence-electron chi connectivity index (χ2n) is 7.41. The molecule has 0 aliphatic carbocycles. The lowest BCUT2D eigenvalue weighted by atomic mass is 9.95. The summed E-state index contributed by atoms with van der Waals surface area (Å²) in [4.78, 5) is 63.1. The summed E-state index contributed by atoms with van der Waals surface area (Å²) in [6.07, 6.45) is -3.42. The SMILES string of the molecule is C[Si](C)(C)C(C(=O)O)C(O)(CC(=O)O)C(=O)O.O=C(O)CC(O)(CC(=O)O)C(=O)O. The first-order valence-corrected chi connectivity index (χ1v) is 11.6. The summed E-state index contributed by atoms with van der Waals surface area (Å²) in [5, 5.41) is 70.2. The van der Waals surface area contributed by atoms with E-state index in [1.165, 1.54) is 0 Å². The Labute approximate surface area is 170 Å².